The second-order valence-corrected chi connectivity index (χ2v) is 9.96. The summed E-state index contributed by atoms with van der Waals surface area (Å²) in [6.45, 7) is 5.89. The van der Waals surface area contributed by atoms with Crippen LogP contribution in [0.5, 0.6) is 0 Å². The second kappa shape index (κ2) is 8.80. The molecule has 4 rings (SSSR count). The van der Waals surface area contributed by atoms with Gasteiger partial charge in [-0.2, -0.15) is 0 Å². The Bertz CT molecular complexity index is 985. The van der Waals surface area contributed by atoms with Crippen molar-refractivity contribution in [1.82, 2.24) is 4.90 Å². The van der Waals surface area contributed by atoms with E-state index in [9.17, 15) is 9.59 Å². The summed E-state index contributed by atoms with van der Waals surface area (Å²) >= 11 is 12.5. The summed E-state index contributed by atoms with van der Waals surface area (Å²) in [5.41, 5.74) is 1.42. The van der Waals surface area contributed by atoms with Crippen LogP contribution in [-0.2, 0) is 9.59 Å². The summed E-state index contributed by atoms with van der Waals surface area (Å²) in [4.78, 5) is 28.1. The first-order valence-corrected chi connectivity index (χ1v) is 11.5. The van der Waals surface area contributed by atoms with Gasteiger partial charge in [0.15, 0.2) is 0 Å². The molecule has 1 saturated carbocycles. The Hall–Kier alpha value is -2.10. The van der Waals surface area contributed by atoms with Crippen LogP contribution in [-0.4, -0.2) is 23.1 Å². The number of amides is 1. The summed E-state index contributed by atoms with van der Waals surface area (Å²) in [6.07, 6.45) is 5.93. The molecule has 0 N–H and O–H groups in total. The van der Waals surface area contributed by atoms with Gasteiger partial charge in [0, 0.05) is 16.0 Å². The standard InChI is InChI=1S/C26H27Cl2NO2/c1-3-13-26(2)15-22(19-5-4-6-21(28)14-19)24(18-9-11-20(27)12-10-18)29(25(26)31)23(16-30)17-7-8-17/h3-6,9-12,14,16-17,22-24H,1,7-8,13,15H2,2H3/t22-,23?,24-,26+/m1/s1. The Morgan fingerprint density at radius 1 is 1.13 bits per heavy atom. The van der Waals surface area contributed by atoms with Gasteiger partial charge in [-0.15, -0.1) is 6.58 Å². The van der Waals surface area contributed by atoms with Crippen molar-refractivity contribution in [1.29, 1.82) is 0 Å². The van der Waals surface area contributed by atoms with Crippen LogP contribution in [0.2, 0.25) is 10.0 Å². The van der Waals surface area contributed by atoms with Crippen molar-refractivity contribution in [3.8, 4) is 0 Å². The van der Waals surface area contributed by atoms with Gasteiger partial charge in [0.25, 0.3) is 0 Å². The van der Waals surface area contributed by atoms with Crippen LogP contribution in [0.15, 0.2) is 61.2 Å². The first kappa shape index (κ1) is 22.1. The van der Waals surface area contributed by atoms with Crippen LogP contribution in [0.25, 0.3) is 0 Å². The molecule has 2 aromatic carbocycles. The van der Waals surface area contributed by atoms with Crippen molar-refractivity contribution in [3.05, 3.63) is 82.4 Å². The van der Waals surface area contributed by atoms with Crippen molar-refractivity contribution in [2.24, 2.45) is 11.3 Å². The van der Waals surface area contributed by atoms with E-state index in [2.05, 4.69) is 12.6 Å². The molecule has 0 bridgehead atoms. The number of piperidine rings is 1. The molecular weight excluding hydrogens is 429 g/mol. The first-order valence-electron chi connectivity index (χ1n) is 10.8. The van der Waals surface area contributed by atoms with Crippen LogP contribution in [0, 0.1) is 11.3 Å². The molecular formula is C26H27Cl2NO2. The van der Waals surface area contributed by atoms with Crippen molar-refractivity contribution in [2.45, 2.75) is 50.6 Å². The number of hydrogen-bond donors (Lipinski definition) is 0. The molecule has 2 fully saturated rings. The van der Waals surface area contributed by atoms with Crippen LogP contribution in [0.4, 0.5) is 0 Å². The highest BCUT2D eigenvalue weighted by Crippen LogP contribution is 2.53. The van der Waals surface area contributed by atoms with Gasteiger partial charge in [0.1, 0.15) is 6.29 Å². The number of nitrogens with zero attached hydrogens (tertiary/aromatic N) is 1. The molecule has 5 heteroatoms. The molecule has 3 nitrogen and oxygen atoms in total. The van der Waals surface area contributed by atoms with E-state index in [-0.39, 0.29) is 23.8 Å². The minimum absolute atomic E-state index is 0.0104. The second-order valence-electron chi connectivity index (χ2n) is 9.09. The van der Waals surface area contributed by atoms with E-state index in [1.165, 1.54) is 0 Å². The average Bonchev–Trinajstić information content (AvgIpc) is 3.58. The Morgan fingerprint density at radius 3 is 2.42 bits per heavy atom. The zero-order valence-electron chi connectivity index (χ0n) is 17.6. The van der Waals surface area contributed by atoms with Gasteiger partial charge in [0.2, 0.25) is 5.91 Å². The maximum absolute atomic E-state index is 13.9. The Morgan fingerprint density at radius 2 is 1.84 bits per heavy atom. The van der Waals surface area contributed by atoms with Crippen LogP contribution >= 0.6 is 23.2 Å². The number of likely N-dealkylation sites (tertiary alicyclic amines) is 1. The summed E-state index contributed by atoms with van der Waals surface area (Å²) < 4.78 is 0. The van der Waals surface area contributed by atoms with Gasteiger partial charge in [-0.05, 0) is 67.0 Å². The molecule has 2 aliphatic rings. The molecule has 0 spiro atoms. The van der Waals surface area contributed by atoms with Crippen molar-refractivity contribution < 1.29 is 9.59 Å². The number of carbonyl (C=O) groups excluding carboxylic acids is 2. The van der Waals surface area contributed by atoms with E-state index in [0.717, 1.165) is 30.3 Å². The predicted octanol–water partition coefficient (Wildman–Crippen LogP) is 6.61. The molecule has 4 atom stereocenters. The number of rotatable bonds is 7. The van der Waals surface area contributed by atoms with Gasteiger partial charge >= 0.3 is 0 Å². The zero-order valence-corrected chi connectivity index (χ0v) is 19.1. The van der Waals surface area contributed by atoms with Gasteiger partial charge in [-0.1, -0.05) is 60.5 Å². The molecule has 1 aliphatic carbocycles. The predicted molar refractivity (Wildman–Crippen MR) is 125 cm³/mol. The lowest BCUT2D eigenvalue weighted by Gasteiger charge is -2.51. The highest BCUT2D eigenvalue weighted by atomic mass is 35.5. The van der Waals surface area contributed by atoms with Crippen LogP contribution < -0.4 is 0 Å². The minimum atomic E-state index is -0.631. The van der Waals surface area contributed by atoms with Crippen molar-refractivity contribution >= 4 is 35.4 Å². The fourth-order valence-electron chi connectivity index (χ4n) is 5.06. The summed E-state index contributed by atoms with van der Waals surface area (Å²) in [7, 11) is 0. The third-order valence-electron chi connectivity index (χ3n) is 6.75. The van der Waals surface area contributed by atoms with E-state index < -0.39 is 11.5 Å². The summed E-state index contributed by atoms with van der Waals surface area (Å²) in [5, 5.41) is 1.30. The quantitative estimate of drug-likeness (QED) is 0.347. The van der Waals surface area contributed by atoms with Crippen LogP contribution in [0.1, 0.15) is 55.7 Å². The summed E-state index contributed by atoms with van der Waals surface area (Å²) in [6, 6.07) is 14.8. The molecule has 1 saturated heterocycles. The van der Waals surface area contributed by atoms with E-state index in [1.54, 1.807) is 6.08 Å². The fourth-order valence-corrected chi connectivity index (χ4v) is 5.38. The first-order chi connectivity index (χ1) is 14.9. The Labute approximate surface area is 194 Å². The monoisotopic (exact) mass is 455 g/mol. The number of aldehydes is 1. The number of halogens is 2. The zero-order chi connectivity index (χ0) is 22.2. The van der Waals surface area contributed by atoms with Gasteiger partial charge in [-0.3, -0.25) is 4.79 Å². The molecule has 31 heavy (non-hydrogen) atoms. The topological polar surface area (TPSA) is 37.4 Å². The molecule has 2 aromatic rings. The highest BCUT2D eigenvalue weighted by molar-refractivity contribution is 6.30. The third-order valence-corrected chi connectivity index (χ3v) is 7.24. The van der Waals surface area contributed by atoms with E-state index in [1.807, 2.05) is 54.3 Å². The lowest BCUT2D eigenvalue weighted by Crippen LogP contribution is -2.56. The smallest absolute Gasteiger partial charge is 0.229 e. The maximum atomic E-state index is 13.9. The van der Waals surface area contributed by atoms with Gasteiger partial charge in [-0.25, -0.2) is 0 Å². The normalized spacial score (nSPS) is 27.1. The molecule has 1 unspecified atom stereocenters. The maximum Gasteiger partial charge on any atom is 0.229 e. The van der Waals surface area contributed by atoms with E-state index in [4.69, 9.17) is 23.2 Å². The molecule has 0 aromatic heterocycles. The number of carbonyl (C=O) groups is 2. The van der Waals surface area contributed by atoms with Gasteiger partial charge in [0.05, 0.1) is 17.5 Å². The largest absolute Gasteiger partial charge is 0.325 e. The number of benzene rings is 2. The lowest BCUT2D eigenvalue weighted by atomic mass is 9.67. The summed E-state index contributed by atoms with van der Waals surface area (Å²) in [5.74, 6) is 0.237. The molecule has 162 valence electrons. The third kappa shape index (κ3) is 4.31. The number of hydrogen-bond acceptors (Lipinski definition) is 2. The highest BCUT2D eigenvalue weighted by Gasteiger charge is 2.53. The van der Waals surface area contributed by atoms with E-state index in [0.29, 0.717) is 22.9 Å². The van der Waals surface area contributed by atoms with Crippen LogP contribution in [0.3, 0.4) is 0 Å². The van der Waals surface area contributed by atoms with Crippen molar-refractivity contribution in [3.63, 3.8) is 0 Å². The molecule has 1 amide bonds. The number of allylic oxidation sites excluding steroid dienone is 1. The Kier molecular flexibility index (Phi) is 6.27. The van der Waals surface area contributed by atoms with Crippen molar-refractivity contribution in [2.75, 3.05) is 0 Å². The van der Waals surface area contributed by atoms with E-state index >= 15 is 0 Å². The average molecular weight is 456 g/mol. The Balaban J connectivity index is 1.90. The molecule has 1 aliphatic heterocycles. The SMILES string of the molecule is C=CC[C@@]1(C)C[C@H](c2cccc(Cl)c2)[C@@H](c2ccc(Cl)cc2)N(C(C=O)C2CC2)C1=O. The molecule has 0 radical (unpaired) electrons. The van der Waals surface area contributed by atoms with Gasteiger partial charge < -0.3 is 9.69 Å². The minimum Gasteiger partial charge on any atom is -0.325 e. The molecule has 1 heterocycles. The fraction of sp³-hybridized carbons (Fsp3) is 0.385. The lowest BCUT2D eigenvalue weighted by molar-refractivity contribution is -0.156.